The number of aryl methyl sites for hydroxylation is 1. The van der Waals surface area contributed by atoms with Crippen LogP contribution in [-0.4, -0.2) is 25.4 Å². The van der Waals surface area contributed by atoms with Crippen molar-refractivity contribution in [3.05, 3.63) is 53.6 Å². The summed E-state index contributed by atoms with van der Waals surface area (Å²) in [6.45, 7) is 3.79. The number of benzene rings is 2. The molecule has 0 unspecified atom stereocenters. The Hall–Kier alpha value is -2.20. The van der Waals surface area contributed by atoms with Gasteiger partial charge in [-0.3, -0.25) is 0 Å². The molecule has 0 atom stereocenters. The fraction of sp³-hybridized carbons (Fsp3) is 0.294. The van der Waals surface area contributed by atoms with Crippen molar-refractivity contribution in [2.45, 2.75) is 13.5 Å². The van der Waals surface area contributed by atoms with Gasteiger partial charge in [0.05, 0.1) is 12.3 Å². The molecule has 0 bridgehead atoms. The molecule has 0 saturated heterocycles. The van der Waals surface area contributed by atoms with E-state index in [0.717, 1.165) is 22.6 Å². The summed E-state index contributed by atoms with van der Waals surface area (Å²) in [6.07, 6.45) is 0. The first kappa shape index (κ1) is 15.2. The minimum absolute atomic E-state index is 0.276. The number of methoxy groups -OCH3 is 1. The number of rotatable bonds is 7. The van der Waals surface area contributed by atoms with Crippen LogP contribution < -0.4 is 10.1 Å². The lowest BCUT2D eigenvalue weighted by molar-refractivity contribution is 0.146. The van der Waals surface area contributed by atoms with Crippen LogP contribution in [0.4, 0.5) is 5.69 Å². The Morgan fingerprint density at radius 1 is 1.05 bits per heavy atom. The summed E-state index contributed by atoms with van der Waals surface area (Å²) >= 11 is 0. The molecule has 0 radical (unpaired) electrons. The van der Waals surface area contributed by atoms with Gasteiger partial charge in [0.1, 0.15) is 18.1 Å². The fourth-order valence-corrected chi connectivity index (χ4v) is 1.94. The number of hydrogen-bond donors (Lipinski definition) is 2. The van der Waals surface area contributed by atoms with Gasteiger partial charge in [0.25, 0.3) is 0 Å². The van der Waals surface area contributed by atoms with E-state index in [-0.39, 0.29) is 5.75 Å². The largest absolute Gasteiger partial charge is 0.508 e. The number of nitrogens with one attached hydrogen (secondary N) is 1. The Bertz CT molecular complexity index is 567. The summed E-state index contributed by atoms with van der Waals surface area (Å²) in [5, 5.41) is 12.6. The van der Waals surface area contributed by atoms with Gasteiger partial charge < -0.3 is 19.9 Å². The standard InChI is InChI=1S/C17H21NO3/c1-13-3-8-16(17(11-13)21-10-9-20-2)18-12-14-4-6-15(19)7-5-14/h3-8,11,18-19H,9-10,12H2,1-2H3. The molecule has 2 aromatic carbocycles. The fourth-order valence-electron chi connectivity index (χ4n) is 1.94. The molecule has 0 spiro atoms. The average Bonchev–Trinajstić information content (AvgIpc) is 2.48. The van der Waals surface area contributed by atoms with E-state index in [0.29, 0.717) is 19.8 Å². The SMILES string of the molecule is COCCOc1cc(C)ccc1NCc1ccc(O)cc1. The van der Waals surface area contributed by atoms with Crippen molar-refractivity contribution < 1.29 is 14.6 Å². The molecule has 112 valence electrons. The van der Waals surface area contributed by atoms with E-state index in [4.69, 9.17) is 9.47 Å². The third-order valence-electron chi connectivity index (χ3n) is 3.10. The van der Waals surface area contributed by atoms with Crippen molar-refractivity contribution in [1.29, 1.82) is 0 Å². The molecule has 0 amide bonds. The summed E-state index contributed by atoms with van der Waals surface area (Å²) in [5.74, 6) is 1.10. The smallest absolute Gasteiger partial charge is 0.142 e. The van der Waals surface area contributed by atoms with Crippen molar-refractivity contribution >= 4 is 5.69 Å². The zero-order valence-electron chi connectivity index (χ0n) is 12.4. The Kier molecular flexibility index (Phi) is 5.46. The van der Waals surface area contributed by atoms with Crippen molar-refractivity contribution in [3.63, 3.8) is 0 Å². The second-order valence-corrected chi connectivity index (χ2v) is 4.86. The molecule has 0 fully saturated rings. The van der Waals surface area contributed by atoms with Crippen molar-refractivity contribution in [1.82, 2.24) is 0 Å². The lowest BCUT2D eigenvalue weighted by Gasteiger charge is -2.14. The second-order valence-electron chi connectivity index (χ2n) is 4.86. The van der Waals surface area contributed by atoms with E-state index in [1.54, 1.807) is 19.2 Å². The molecule has 4 nitrogen and oxygen atoms in total. The minimum atomic E-state index is 0.276. The molecule has 2 N–H and O–H groups in total. The minimum Gasteiger partial charge on any atom is -0.508 e. The summed E-state index contributed by atoms with van der Waals surface area (Å²) in [6, 6.07) is 13.2. The zero-order chi connectivity index (χ0) is 15.1. The predicted octanol–water partition coefficient (Wildman–Crippen LogP) is 3.34. The maximum absolute atomic E-state index is 9.28. The topological polar surface area (TPSA) is 50.7 Å². The molecule has 0 aromatic heterocycles. The normalized spacial score (nSPS) is 10.4. The number of phenolic OH excluding ortho intramolecular Hbond substituents is 1. The Morgan fingerprint density at radius 3 is 2.52 bits per heavy atom. The highest BCUT2D eigenvalue weighted by atomic mass is 16.5. The first-order chi connectivity index (χ1) is 10.2. The van der Waals surface area contributed by atoms with E-state index >= 15 is 0 Å². The molecule has 0 aliphatic carbocycles. The maximum atomic E-state index is 9.28. The summed E-state index contributed by atoms with van der Waals surface area (Å²) in [5.41, 5.74) is 3.19. The molecular weight excluding hydrogens is 266 g/mol. The van der Waals surface area contributed by atoms with Gasteiger partial charge in [-0.15, -0.1) is 0 Å². The van der Waals surface area contributed by atoms with Gasteiger partial charge >= 0.3 is 0 Å². The number of anilines is 1. The first-order valence-electron chi connectivity index (χ1n) is 6.93. The van der Waals surface area contributed by atoms with Gasteiger partial charge in [0, 0.05) is 13.7 Å². The summed E-state index contributed by atoms with van der Waals surface area (Å²) in [4.78, 5) is 0. The molecule has 0 aliphatic heterocycles. The molecular formula is C17H21NO3. The highest BCUT2D eigenvalue weighted by Crippen LogP contribution is 2.26. The van der Waals surface area contributed by atoms with E-state index in [2.05, 4.69) is 5.32 Å². The van der Waals surface area contributed by atoms with Crippen LogP contribution in [0.2, 0.25) is 0 Å². The van der Waals surface area contributed by atoms with Crippen molar-refractivity contribution in [2.24, 2.45) is 0 Å². The third-order valence-corrected chi connectivity index (χ3v) is 3.10. The van der Waals surface area contributed by atoms with E-state index in [9.17, 15) is 5.11 Å². The molecule has 0 heterocycles. The molecule has 21 heavy (non-hydrogen) atoms. The van der Waals surface area contributed by atoms with Crippen molar-refractivity contribution in [3.8, 4) is 11.5 Å². The third kappa shape index (κ3) is 4.68. The lowest BCUT2D eigenvalue weighted by Crippen LogP contribution is -2.07. The van der Waals surface area contributed by atoms with Gasteiger partial charge in [-0.2, -0.15) is 0 Å². The van der Waals surface area contributed by atoms with Gasteiger partial charge in [-0.05, 0) is 42.3 Å². The Morgan fingerprint density at radius 2 is 1.81 bits per heavy atom. The number of phenols is 1. The number of aromatic hydroxyl groups is 1. The van der Waals surface area contributed by atoms with Crippen LogP contribution >= 0.6 is 0 Å². The summed E-state index contributed by atoms with van der Waals surface area (Å²) in [7, 11) is 1.66. The number of ether oxygens (including phenoxy) is 2. The van der Waals surface area contributed by atoms with Gasteiger partial charge in [-0.25, -0.2) is 0 Å². The van der Waals surface area contributed by atoms with Crippen LogP contribution in [0.15, 0.2) is 42.5 Å². The van der Waals surface area contributed by atoms with Gasteiger partial charge in [0.2, 0.25) is 0 Å². The van der Waals surface area contributed by atoms with Crippen LogP contribution in [0, 0.1) is 6.92 Å². The molecule has 0 aliphatic rings. The molecule has 2 aromatic rings. The lowest BCUT2D eigenvalue weighted by atomic mass is 10.2. The second kappa shape index (κ2) is 7.55. The van der Waals surface area contributed by atoms with Gasteiger partial charge in [0.15, 0.2) is 0 Å². The summed E-state index contributed by atoms with van der Waals surface area (Å²) < 4.78 is 10.7. The first-order valence-corrected chi connectivity index (χ1v) is 6.93. The quantitative estimate of drug-likeness (QED) is 0.767. The van der Waals surface area contributed by atoms with E-state index in [1.807, 2.05) is 37.3 Å². The zero-order valence-corrected chi connectivity index (χ0v) is 12.4. The van der Waals surface area contributed by atoms with E-state index in [1.165, 1.54) is 0 Å². The monoisotopic (exact) mass is 287 g/mol. The van der Waals surface area contributed by atoms with Gasteiger partial charge in [-0.1, -0.05) is 18.2 Å². The van der Waals surface area contributed by atoms with Crippen LogP contribution in [0.5, 0.6) is 11.5 Å². The number of hydrogen-bond acceptors (Lipinski definition) is 4. The maximum Gasteiger partial charge on any atom is 0.142 e. The molecule has 0 saturated carbocycles. The van der Waals surface area contributed by atoms with Crippen LogP contribution in [0.25, 0.3) is 0 Å². The Balaban J connectivity index is 2.02. The average molecular weight is 287 g/mol. The van der Waals surface area contributed by atoms with Crippen LogP contribution in [0.1, 0.15) is 11.1 Å². The Labute approximate surface area is 125 Å². The highest BCUT2D eigenvalue weighted by Gasteiger charge is 2.04. The van der Waals surface area contributed by atoms with E-state index < -0.39 is 0 Å². The molecule has 2 rings (SSSR count). The molecule has 4 heteroatoms. The highest BCUT2D eigenvalue weighted by molar-refractivity contribution is 5.58. The van der Waals surface area contributed by atoms with Crippen LogP contribution in [-0.2, 0) is 11.3 Å². The van der Waals surface area contributed by atoms with Crippen molar-refractivity contribution in [2.75, 3.05) is 25.6 Å². The predicted molar refractivity (Wildman–Crippen MR) is 84.0 cm³/mol. The van der Waals surface area contributed by atoms with Crippen LogP contribution in [0.3, 0.4) is 0 Å².